The van der Waals surface area contributed by atoms with Gasteiger partial charge in [0.2, 0.25) is 5.88 Å². The molecule has 0 atom stereocenters. The molecule has 3 rings (SSSR count). The molecule has 0 unspecified atom stereocenters. The maximum absolute atomic E-state index is 12.1. The Morgan fingerprint density at radius 2 is 2.14 bits per heavy atom. The number of hydrogen-bond acceptors (Lipinski definition) is 4. The molecule has 0 aromatic carbocycles. The van der Waals surface area contributed by atoms with Crippen molar-refractivity contribution in [2.45, 2.75) is 44.2 Å². The Morgan fingerprint density at radius 1 is 1.36 bits per heavy atom. The Hall–Kier alpha value is -2.29. The molecule has 0 spiro atoms. The van der Waals surface area contributed by atoms with Crippen LogP contribution in [-0.2, 0) is 0 Å². The van der Waals surface area contributed by atoms with E-state index in [0.717, 1.165) is 12.8 Å². The van der Waals surface area contributed by atoms with Crippen molar-refractivity contribution in [3.63, 3.8) is 0 Å². The molecule has 2 aliphatic rings. The minimum atomic E-state index is -0.0842. The number of carbonyl (C=O) groups is 1. The van der Waals surface area contributed by atoms with Crippen LogP contribution in [0.15, 0.2) is 18.3 Å². The molecule has 22 heavy (non-hydrogen) atoms. The number of pyridine rings is 1. The highest BCUT2D eigenvalue weighted by molar-refractivity contribution is 5.75. The van der Waals surface area contributed by atoms with Gasteiger partial charge in [0.25, 0.3) is 0 Å². The summed E-state index contributed by atoms with van der Waals surface area (Å²) in [7, 11) is 0. The first-order valence-corrected chi connectivity index (χ1v) is 7.83. The molecule has 1 aliphatic heterocycles. The molecule has 1 saturated carbocycles. The van der Waals surface area contributed by atoms with Crippen molar-refractivity contribution in [1.29, 1.82) is 5.26 Å². The van der Waals surface area contributed by atoms with Gasteiger partial charge in [-0.1, -0.05) is 19.3 Å². The molecule has 0 radical (unpaired) electrons. The number of carbonyl (C=O) groups excluding carboxylic acids is 1. The summed E-state index contributed by atoms with van der Waals surface area (Å²) in [5.74, 6) is 0.349. The zero-order valence-electron chi connectivity index (χ0n) is 12.5. The minimum Gasteiger partial charge on any atom is -0.470 e. The summed E-state index contributed by atoms with van der Waals surface area (Å²) in [4.78, 5) is 17.9. The lowest BCUT2D eigenvalue weighted by atomic mass is 9.95. The van der Waals surface area contributed by atoms with Gasteiger partial charge in [-0.25, -0.2) is 9.78 Å². The molecular formula is C16H20N4O2. The van der Waals surface area contributed by atoms with E-state index in [1.54, 1.807) is 23.2 Å². The molecular weight excluding hydrogens is 280 g/mol. The second-order valence-corrected chi connectivity index (χ2v) is 5.90. The Bertz CT molecular complexity index is 572. The Labute approximate surface area is 130 Å². The van der Waals surface area contributed by atoms with Crippen LogP contribution >= 0.6 is 0 Å². The smallest absolute Gasteiger partial charge is 0.317 e. The fraction of sp³-hybridized carbons (Fsp3) is 0.562. The molecule has 1 N–H and O–H groups in total. The number of ether oxygens (including phenoxy) is 1. The monoisotopic (exact) mass is 300 g/mol. The summed E-state index contributed by atoms with van der Waals surface area (Å²) < 4.78 is 5.69. The van der Waals surface area contributed by atoms with Crippen LogP contribution in [0.5, 0.6) is 5.88 Å². The van der Waals surface area contributed by atoms with Crippen LogP contribution in [0, 0.1) is 11.3 Å². The van der Waals surface area contributed by atoms with Crippen molar-refractivity contribution >= 4 is 6.03 Å². The van der Waals surface area contributed by atoms with Gasteiger partial charge >= 0.3 is 6.03 Å². The van der Waals surface area contributed by atoms with E-state index in [9.17, 15) is 4.79 Å². The first-order chi connectivity index (χ1) is 10.8. The van der Waals surface area contributed by atoms with Crippen molar-refractivity contribution in [3.8, 4) is 11.9 Å². The summed E-state index contributed by atoms with van der Waals surface area (Å²) >= 11 is 0. The van der Waals surface area contributed by atoms with Crippen molar-refractivity contribution < 1.29 is 9.53 Å². The van der Waals surface area contributed by atoms with Gasteiger partial charge < -0.3 is 15.0 Å². The van der Waals surface area contributed by atoms with Gasteiger partial charge in [-0.15, -0.1) is 0 Å². The van der Waals surface area contributed by atoms with Crippen LogP contribution in [0.1, 0.15) is 37.7 Å². The second-order valence-electron chi connectivity index (χ2n) is 5.90. The number of amides is 2. The van der Waals surface area contributed by atoms with E-state index >= 15 is 0 Å². The second kappa shape index (κ2) is 6.65. The van der Waals surface area contributed by atoms with Crippen molar-refractivity contribution in [1.82, 2.24) is 15.2 Å². The quantitative estimate of drug-likeness (QED) is 0.926. The fourth-order valence-electron chi connectivity index (χ4n) is 2.92. The number of nitrogens with zero attached hydrogens (tertiary/aromatic N) is 3. The minimum absolute atomic E-state index is 0.00622. The number of nitriles is 1. The molecule has 116 valence electrons. The van der Waals surface area contributed by atoms with E-state index in [1.165, 1.54) is 19.3 Å². The lowest BCUT2D eigenvalue weighted by Gasteiger charge is -2.39. The van der Waals surface area contributed by atoms with Crippen LogP contribution in [0.2, 0.25) is 0 Å². The molecule has 6 nitrogen and oxygen atoms in total. The number of urea groups is 1. The van der Waals surface area contributed by atoms with E-state index in [1.807, 2.05) is 0 Å². The van der Waals surface area contributed by atoms with Crippen LogP contribution in [0.25, 0.3) is 0 Å². The summed E-state index contributed by atoms with van der Waals surface area (Å²) in [6.45, 7) is 1.08. The van der Waals surface area contributed by atoms with Crippen molar-refractivity contribution in [2.24, 2.45) is 0 Å². The molecule has 1 aromatic heterocycles. The summed E-state index contributed by atoms with van der Waals surface area (Å²) in [5.41, 5.74) is 0.424. The lowest BCUT2D eigenvalue weighted by molar-refractivity contribution is 0.0397. The van der Waals surface area contributed by atoms with Gasteiger partial charge in [0.1, 0.15) is 17.7 Å². The normalized spacial score (nSPS) is 19.1. The van der Waals surface area contributed by atoms with Gasteiger partial charge in [0.05, 0.1) is 13.1 Å². The van der Waals surface area contributed by atoms with Crippen LogP contribution in [-0.4, -0.2) is 41.2 Å². The topological polar surface area (TPSA) is 78.2 Å². The Balaban J connectivity index is 1.45. The highest BCUT2D eigenvalue weighted by Crippen LogP contribution is 2.21. The highest BCUT2D eigenvalue weighted by Gasteiger charge is 2.34. The van der Waals surface area contributed by atoms with E-state index in [4.69, 9.17) is 10.00 Å². The molecule has 1 aromatic rings. The van der Waals surface area contributed by atoms with E-state index in [-0.39, 0.29) is 12.1 Å². The number of nitrogens with one attached hydrogen (secondary N) is 1. The lowest BCUT2D eigenvalue weighted by Crippen LogP contribution is -2.60. The predicted octanol–water partition coefficient (Wildman–Crippen LogP) is 2.06. The van der Waals surface area contributed by atoms with E-state index < -0.39 is 0 Å². The first kappa shape index (κ1) is 14.6. The molecule has 1 aliphatic carbocycles. The number of rotatable bonds is 3. The molecule has 1 saturated heterocycles. The van der Waals surface area contributed by atoms with Crippen molar-refractivity contribution in [3.05, 3.63) is 23.9 Å². The average Bonchev–Trinajstić information content (AvgIpc) is 2.51. The zero-order valence-corrected chi connectivity index (χ0v) is 12.5. The van der Waals surface area contributed by atoms with Crippen LogP contribution in [0.4, 0.5) is 4.79 Å². The van der Waals surface area contributed by atoms with Crippen molar-refractivity contribution in [2.75, 3.05) is 13.1 Å². The molecule has 2 amide bonds. The predicted molar refractivity (Wildman–Crippen MR) is 80.3 cm³/mol. The van der Waals surface area contributed by atoms with E-state index in [2.05, 4.69) is 16.4 Å². The number of likely N-dealkylation sites (tertiary alicyclic amines) is 1. The average molecular weight is 300 g/mol. The highest BCUT2D eigenvalue weighted by atomic mass is 16.5. The van der Waals surface area contributed by atoms with Gasteiger partial charge in [-0.05, 0) is 25.0 Å². The maximum Gasteiger partial charge on any atom is 0.317 e. The standard InChI is InChI=1S/C16H20N4O2/c17-9-12-5-4-8-18-15(12)22-14-10-20(11-14)16(21)19-13-6-2-1-3-7-13/h4-5,8,13-14H,1-3,6-7,10-11H2,(H,19,21). The van der Waals surface area contributed by atoms with Gasteiger partial charge in [0.15, 0.2) is 0 Å². The molecule has 0 bridgehead atoms. The fourth-order valence-corrected chi connectivity index (χ4v) is 2.92. The molecule has 2 heterocycles. The number of hydrogen-bond donors (Lipinski definition) is 1. The maximum atomic E-state index is 12.1. The van der Waals surface area contributed by atoms with Crippen LogP contribution in [0.3, 0.4) is 0 Å². The van der Waals surface area contributed by atoms with Gasteiger partial charge in [-0.3, -0.25) is 0 Å². The Kier molecular flexibility index (Phi) is 4.42. The third-order valence-corrected chi connectivity index (χ3v) is 4.24. The third-order valence-electron chi connectivity index (χ3n) is 4.24. The first-order valence-electron chi connectivity index (χ1n) is 7.83. The summed E-state index contributed by atoms with van der Waals surface area (Å²) in [6, 6.07) is 5.75. The molecule has 6 heteroatoms. The Morgan fingerprint density at radius 3 is 2.86 bits per heavy atom. The number of aromatic nitrogens is 1. The zero-order chi connectivity index (χ0) is 15.4. The van der Waals surface area contributed by atoms with Gasteiger partial charge in [0, 0.05) is 12.2 Å². The SMILES string of the molecule is N#Cc1cccnc1OC1CN(C(=O)NC2CCCCC2)C1. The summed E-state index contributed by atoms with van der Waals surface area (Å²) in [6.07, 6.45) is 7.36. The van der Waals surface area contributed by atoms with E-state index in [0.29, 0.717) is 30.6 Å². The van der Waals surface area contributed by atoms with Gasteiger partial charge in [-0.2, -0.15) is 5.26 Å². The van der Waals surface area contributed by atoms with Crippen LogP contribution < -0.4 is 10.1 Å². The largest absolute Gasteiger partial charge is 0.470 e. The third kappa shape index (κ3) is 3.30. The summed E-state index contributed by atoms with van der Waals surface area (Å²) in [5, 5.41) is 12.1. The molecule has 2 fully saturated rings.